The molecular formula is C11H21NO2. The van der Waals surface area contributed by atoms with Gasteiger partial charge in [-0.1, -0.05) is 13.3 Å². The van der Waals surface area contributed by atoms with Crippen LogP contribution in [0.1, 0.15) is 39.0 Å². The highest BCUT2D eigenvalue weighted by molar-refractivity contribution is 5.69. The number of ether oxygens (including phenoxy) is 1. The number of carbonyl (C=O) groups excluding carboxylic acids is 1. The van der Waals surface area contributed by atoms with Gasteiger partial charge in [0.2, 0.25) is 0 Å². The van der Waals surface area contributed by atoms with E-state index in [4.69, 9.17) is 0 Å². The van der Waals surface area contributed by atoms with E-state index in [1.54, 1.807) is 0 Å². The second-order valence-electron chi connectivity index (χ2n) is 4.25. The van der Waals surface area contributed by atoms with Crippen LogP contribution in [-0.2, 0) is 9.53 Å². The number of nitrogens with one attached hydrogen (secondary N) is 1. The molecule has 1 fully saturated rings. The Hall–Kier alpha value is -0.570. The molecule has 0 unspecified atom stereocenters. The number of esters is 1. The third-order valence-corrected chi connectivity index (χ3v) is 2.97. The van der Waals surface area contributed by atoms with Gasteiger partial charge in [-0.15, -0.1) is 0 Å². The van der Waals surface area contributed by atoms with Crippen molar-refractivity contribution in [2.24, 2.45) is 5.41 Å². The smallest absolute Gasteiger partial charge is 0.306 e. The third kappa shape index (κ3) is 3.66. The molecule has 0 aromatic heterocycles. The zero-order chi connectivity index (χ0) is 10.4. The molecule has 3 heteroatoms. The van der Waals surface area contributed by atoms with E-state index >= 15 is 0 Å². The van der Waals surface area contributed by atoms with Crippen LogP contribution < -0.4 is 5.32 Å². The minimum atomic E-state index is -0.127. The first-order chi connectivity index (χ1) is 6.72. The second kappa shape index (κ2) is 5.35. The molecule has 0 amide bonds. The van der Waals surface area contributed by atoms with Crippen molar-refractivity contribution < 1.29 is 9.53 Å². The van der Waals surface area contributed by atoms with Crippen molar-refractivity contribution >= 4 is 5.97 Å². The maximum absolute atomic E-state index is 10.8. The van der Waals surface area contributed by atoms with Crippen molar-refractivity contribution in [3.05, 3.63) is 0 Å². The molecule has 1 saturated carbocycles. The molecule has 0 bridgehead atoms. The van der Waals surface area contributed by atoms with Crippen LogP contribution in [0.2, 0.25) is 0 Å². The van der Waals surface area contributed by atoms with E-state index in [-0.39, 0.29) is 5.97 Å². The van der Waals surface area contributed by atoms with E-state index < -0.39 is 0 Å². The largest absolute Gasteiger partial charge is 0.469 e. The standard InChI is InChI=1S/C11H21NO2/c1-3-5-11(6-7-11)9-12-8-4-10(13)14-2/h12H,3-9H2,1-2H3. The average molecular weight is 199 g/mol. The highest BCUT2D eigenvalue weighted by Crippen LogP contribution is 2.48. The van der Waals surface area contributed by atoms with E-state index in [2.05, 4.69) is 17.0 Å². The summed E-state index contributed by atoms with van der Waals surface area (Å²) < 4.78 is 4.57. The summed E-state index contributed by atoms with van der Waals surface area (Å²) in [5, 5.41) is 3.34. The first-order valence-corrected chi connectivity index (χ1v) is 5.50. The molecular weight excluding hydrogens is 178 g/mol. The number of rotatable bonds is 7. The number of hydrogen-bond donors (Lipinski definition) is 1. The van der Waals surface area contributed by atoms with Crippen LogP contribution in [0.25, 0.3) is 0 Å². The molecule has 1 aliphatic rings. The van der Waals surface area contributed by atoms with Gasteiger partial charge in [-0.2, -0.15) is 0 Å². The van der Waals surface area contributed by atoms with Crippen LogP contribution in [0.4, 0.5) is 0 Å². The molecule has 14 heavy (non-hydrogen) atoms. The lowest BCUT2D eigenvalue weighted by Gasteiger charge is -2.14. The monoisotopic (exact) mass is 199 g/mol. The van der Waals surface area contributed by atoms with E-state index in [0.717, 1.165) is 13.1 Å². The summed E-state index contributed by atoms with van der Waals surface area (Å²) in [5.41, 5.74) is 0.574. The van der Waals surface area contributed by atoms with Crippen LogP contribution in [0.5, 0.6) is 0 Å². The first kappa shape index (κ1) is 11.5. The van der Waals surface area contributed by atoms with Crippen molar-refractivity contribution in [3.63, 3.8) is 0 Å². The minimum absolute atomic E-state index is 0.127. The molecule has 0 aromatic carbocycles. The average Bonchev–Trinajstić information content (AvgIpc) is 2.93. The van der Waals surface area contributed by atoms with Crippen molar-refractivity contribution in [3.8, 4) is 0 Å². The maximum atomic E-state index is 10.8. The normalized spacial score (nSPS) is 17.9. The number of carbonyl (C=O) groups is 1. The van der Waals surface area contributed by atoms with Crippen molar-refractivity contribution in [1.29, 1.82) is 0 Å². The van der Waals surface area contributed by atoms with Crippen LogP contribution in [0.3, 0.4) is 0 Å². The predicted molar refractivity (Wildman–Crippen MR) is 56.1 cm³/mol. The molecule has 82 valence electrons. The Morgan fingerprint density at radius 2 is 2.21 bits per heavy atom. The zero-order valence-corrected chi connectivity index (χ0v) is 9.27. The van der Waals surface area contributed by atoms with E-state index in [9.17, 15) is 4.79 Å². The Labute approximate surface area is 86.2 Å². The summed E-state index contributed by atoms with van der Waals surface area (Å²) in [5.74, 6) is -0.127. The lowest BCUT2D eigenvalue weighted by Crippen LogP contribution is -2.26. The minimum Gasteiger partial charge on any atom is -0.469 e. The Morgan fingerprint density at radius 3 is 2.71 bits per heavy atom. The Balaban J connectivity index is 2.01. The Morgan fingerprint density at radius 1 is 1.50 bits per heavy atom. The molecule has 1 N–H and O–H groups in total. The zero-order valence-electron chi connectivity index (χ0n) is 9.27. The van der Waals surface area contributed by atoms with Gasteiger partial charge in [-0.25, -0.2) is 0 Å². The maximum Gasteiger partial charge on any atom is 0.306 e. The summed E-state index contributed by atoms with van der Waals surface area (Å²) in [6.45, 7) is 4.05. The highest BCUT2D eigenvalue weighted by Gasteiger charge is 2.40. The Bertz CT molecular complexity index is 188. The topological polar surface area (TPSA) is 38.3 Å². The molecule has 0 aliphatic heterocycles. The van der Waals surface area contributed by atoms with Gasteiger partial charge in [-0.3, -0.25) is 4.79 Å². The fourth-order valence-corrected chi connectivity index (χ4v) is 1.87. The van der Waals surface area contributed by atoms with Gasteiger partial charge in [0.25, 0.3) is 0 Å². The molecule has 0 heterocycles. The second-order valence-corrected chi connectivity index (χ2v) is 4.25. The molecule has 0 spiro atoms. The van der Waals surface area contributed by atoms with Crippen LogP contribution in [-0.4, -0.2) is 26.2 Å². The molecule has 0 radical (unpaired) electrons. The lowest BCUT2D eigenvalue weighted by atomic mass is 10.0. The molecule has 3 nitrogen and oxygen atoms in total. The lowest BCUT2D eigenvalue weighted by molar-refractivity contribution is -0.140. The predicted octanol–water partition coefficient (Wildman–Crippen LogP) is 1.72. The van der Waals surface area contributed by atoms with Crippen LogP contribution in [0, 0.1) is 5.41 Å². The van der Waals surface area contributed by atoms with Crippen LogP contribution in [0.15, 0.2) is 0 Å². The van der Waals surface area contributed by atoms with Gasteiger partial charge < -0.3 is 10.1 Å². The molecule has 1 aliphatic carbocycles. The quantitative estimate of drug-likeness (QED) is 0.501. The van der Waals surface area contributed by atoms with Gasteiger partial charge in [0, 0.05) is 13.1 Å². The number of hydrogen-bond acceptors (Lipinski definition) is 3. The van der Waals surface area contributed by atoms with Gasteiger partial charge in [0.1, 0.15) is 0 Å². The van der Waals surface area contributed by atoms with Crippen molar-refractivity contribution in [2.45, 2.75) is 39.0 Å². The Kier molecular flexibility index (Phi) is 4.39. The van der Waals surface area contributed by atoms with E-state index in [0.29, 0.717) is 11.8 Å². The molecule has 0 atom stereocenters. The SMILES string of the molecule is CCCC1(CNCCC(=O)OC)CC1. The summed E-state index contributed by atoms with van der Waals surface area (Å²) >= 11 is 0. The van der Waals surface area contributed by atoms with Crippen LogP contribution >= 0.6 is 0 Å². The first-order valence-electron chi connectivity index (χ1n) is 5.50. The van der Waals surface area contributed by atoms with Gasteiger partial charge >= 0.3 is 5.97 Å². The third-order valence-electron chi connectivity index (χ3n) is 2.97. The summed E-state index contributed by atoms with van der Waals surface area (Å²) in [6, 6.07) is 0. The van der Waals surface area contributed by atoms with Gasteiger partial charge in [0.05, 0.1) is 13.5 Å². The van der Waals surface area contributed by atoms with E-state index in [1.807, 2.05) is 0 Å². The highest BCUT2D eigenvalue weighted by atomic mass is 16.5. The van der Waals surface area contributed by atoms with Gasteiger partial charge in [0.15, 0.2) is 0 Å². The van der Waals surface area contributed by atoms with Crippen molar-refractivity contribution in [2.75, 3.05) is 20.2 Å². The molecule has 0 aromatic rings. The summed E-state index contributed by atoms with van der Waals surface area (Å²) in [7, 11) is 1.43. The fraction of sp³-hybridized carbons (Fsp3) is 0.909. The fourth-order valence-electron chi connectivity index (χ4n) is 1.87. The number of methoxy groups -OCH3 is 1. The molecule has 1 rings (SSSR count). The molecule has 0 saturated heterocycles. The summed E-state index contributed by atoms with van der Waals surface area (Å²) in [4.78, 5) is 10.8. The van der Waals surface area contributed by atoms with Crippen molar-refractivity contribution in [1.82, 2.24) is 5.32 Å². The van der Waals surface area contributed by atoms with E-state index in [1.165, 1.54) is 32.8 Å². The van der Waals surface area contributed by atoms with Gasteiger partial charge in [-0.05, 0) is 24.7 Å². The summed E-state index contributed by atoms with van der Waals surface area (Å²) in [6.07, 6.45) is 5.77.